The van der Waals surface area contributed by atoms with Crippen molar-refractivity contribution in [3.05, 3.63) is 0 Å². The zero-order chi connectivity index (χ0) is 11.6. The number of aliphatic hydroxyl groups is 1. The molecule has 1 unspecified atom stereocenters. The Morgan fingerprint density at radius 1 is 1.07 bits per heavy atom. The van der Waals surface area contributed by atoms with Crippen molar-refractivity contribution in [1.82, 2.24) is 4.90 Å². The van der Waals surface area contributed by atoms with Crippen LogP contribution in [0.1, 0.15) is 48.0 Å². The van der Waals surface area contributed by atoms with Crippen LogP contribution in [0.5, 0.6) is 0 Å². The van der Waals surface area contributed by atoms with E-state index in [1.165, 1.54) is 0 Å². The van der Waals surface area contributed by atoms with E-state index >= 15 is 0 Å². The van der Waals surface area contributed by atoms with Crippen LogP contribution in [-0.4, -0.2) is 35.2 Å². The molecule has 0 saturated carbocycles. The molecule has 0 bridgehead atoms. The summed E-state index contributed by atoms with van der Waals surface area (Å²) in [7, 11) is 2.09. The lowest BCUT2D eigenvalue weighted by Gasteiger charge is -2.40. The summed E-state index contributed by atoms with van der Waals surface area (Å²) >= 11 is 0. The highest BCUT2D eigenvalue weighted by Gasteiger charge is 2.28. The number of likely N-dealkylation sites (N-methyl/N-ethyl adjacent to an activating group) is 1. The maximum atomic E-state index is 9.38. The van der Waals surface area contributed by atoms with Crippen molar-refractivity contribution < 1.29 is 5.11 Å². The van der Waals surface area contributed by atoms with E-state index in [2.05, 4.69) is 53.5 Å². The molecule has 0 saturated heterocycles. The number of nitrogens with zero attached hydrogens (tertiary/aromatic N) is 1. The lowest BCUT2D eigenvalue weighted by molar-refractivity contribution is 0.0481. The van der Waals surface area contributed by atoms with E-state index in [9.17, 15) is 5.11 Å². The molecule has 2 heteroatoms. The van der Waals surface area contributed by atoms with Crippen LogP contribution in [-0.2, 0) is 0 Å². The first-order valence-corrected chi connectivity index (χ1v) is 5.42. The van der Waals surface area contributed by atoms with Gasteiger partial charge in [-0.25, -0.2) is 0 Å². The van der Waals surface area contributed by atoms with Crippen molar-refractivity contribution in [1.29, 1.82) is 0 Å². The largest absolute Gasteiger partial charge is 0.395 e. The molecule has 86 valence electrons. The molecular weight excluding hydrogens is 174 g/mol. The van der Waals surface area contributed by atoms with E-state index in [0.717, 1.165) is 6.42 Å². The second kappa shape index (κ2) is 4.63. The predicted molar refractivity (Wildman–Crippen MR) is 62.5 cm³/mol. The van der Waals surface area contributed by atoms with Crippen LogP contribution in [0.2, 0.25) is 0 Å². The molecule has 1 atom stereocenters. The summed E-state index contributed by atoms with van der Waals surface area (Å²) in [5.74, 6) is 0. The molecule has 0 aliphatic heterocycles. The van der Waals surface area contributed by atoms with Gasteiger partial charge in [-0.1, -0.05) is 20.8 Å². The van der Waals surface area contributed by atoms with Gasteiger partial charge in [0.2, 0.25) is 0 Å². The van der Waals surface area contributed by atoms with Crippen molar-refractivity contribution in [2.45, 2.75) is 59.5 Å². The number of aliphatic hydroxyl groups excluding tert-OH is 1. The van der Waals surface area contributed by atoms with Crippen LogP contribution >= 0.6 is 0 Å². The molecule has 0 rings (SSSR count). The van der Waals surface area contributed by atoms with E-state index in [1.54, 1.807) is 0 Å². The van der Waals surface area contributed by atoms with Crippen LogP contribution in [0.3, 0.4) is 0 Å². The fourth-order valence-electron chi connectivity index (χ4n) is 1.58. The van der Waals surface area contributed by atoms with E-state index in [4.69, 9.17) is 0 Å². The fraction of sp³-hybridized carbons (Fsp3) is 1.00. The monoisotopic (exact) mass is 201 g/mol. The summed E-state index contributed by atoms with van der Waals surface area (Å²) in [6, 6.07) is 0.259. The molecule has 2 nitrogen and oxygen atoms in total. The first-order chi connectivity index (χ1) is 6.08. The van der Waals surface area contributed by atoms with Crippen molar-refractivity contribution in [3.63, 3.8) is 0 Å². The Hall–Kier alpha value is -0.0800. The van der Waals surface area contributed by atoms with Gasteiger partial charge < -0.3 is 5.11 Å². The van der Waals surface area contributed by atoms with Gasteiger partial charge in [-0.3, -0.25) is 4.90 Å². The Kier molecular flexibility index (Phi) is 4.60. The minimum absolute atomic E-state index is 0.124. The zero-order valence-corrected chi connectivity index (χ0v) is 10.9. The molecule has 0 aromatic rings. The lowest BCUT2D eigenvalue weighted by atomic mass is 9.86. The second-order valence-electron chi connectivity index (χ2n) is 6.38. The van der Waals surface area contributed by atoms with Gasteiger partial charge in [0, 0.05) is 11.6 Å². The van der Waals surface area contributed by atoms with Crippen molar-refractivity contribution in [2.75, 3.05) is 13.7 Å². The standard InChI is InChI=1S/C12H27NO/c1-11(2,3)8-10(9-14)13(7)12(4,5)6/h10,14H,8-9H2,1-7H3. The third-order valence-electron chi connectivity index (χ3n) is 2.66. The van der Waals surface area contributed by atoms with Crippen molar-refractivity contribution >= 4 is 0 Å². The molecule has 0 aromatic heterocycles. The Balaban J connectivity index is 4.42. The summed E-state index contributed by atoms with van der Waals surface area (Å²) in [6.45, 7) is 13.4. The lowest BCUT2D eigenvalue weighted by Crippen LogP contribution is -2.48. The summed E-state index contributed by atoms with van der Waals surface area (Å²) in [4.78, 5) is 2.26. The Bertz CT molecular complexity index is 164. The van der Waals surface area contributed by atoms with E-state index in [0.29, 0.717) is 0 Å². The van der Waals surface area contributed by atoms with Crippen LogP contribution in [0.25, 0.3) is 0 Å². The summed E-state index contributed by atoms with van der Waals surface area (Å²) in [5.41, 5.74) is 0.394. The molecule has 0 aliphatic rings. The van der Waals surface area contributed by atoms with Gasteiger partial charge in [-0.2, -0.15) is 0 Å². The highest BCUT2D eigenvalue weighted by molar-refractivity contribution is 4.82. The quantitative estimate of drug-likeness (QED) is 0.758. The van der Waals surface area contributed by atoms with Gasteiger partial charge in [0.15, 0.2) is 0 Å². The highest BCUT2D eigenvalue weighted by atomic mass is 16.3. The van der Waals surface area contributed by atoms with Crippen LogP contribution in [0, 0.1) is 5.41 Å². The normalized spacial score (nSPS) is 16.1. The van der Waals surface area contributed by atoms with Gasteiger partial charge in [-0.15, -0.1) is 0 Å². The number of rotatable bonds is 3. The third-order valence-corrected chi connectivity index (χ3v) is 2.66. The van der Waals surface area contributed by atoms with E-state index in [1.807, 2.05) is 0 Å². The average molecular weight is 201 g/mol. The molecule has 0 fully saturated rings. The van der Waals surface area contributed by atoms with Gasteiger partial charge in [0.1, 0.15) is 0 Å². The van der Waals surface area contributed by atoms with Gasteiger partial charge in [0.25, 0.3) is 0 Å². The van der Waals surface area contributed by atoms with Crippen LogP contribution < -0.4 is 0 Å². The molecule has 0 aromatic carbocycles. The van der Waals surface area contributed by atoms with Crippen LogP contribution in [0.15, 0.2) is 0 Å². The zero-order valence-electron chi connectivity index (χ0n) is 10.9. The molecule has 14 heavy (non-hydrogen) atoms. The summed E-state index contributed by atoms with van der Waals surface area (Å²) in [5, 5.41) is 9.38. The molecule has 0 amide bonds. The Morgan fingerprint density at radius 3 is 1.71 bits per heavy atom. The number of hydrogen-bond donors (Lipinski definition) is 1. The van der Waals surface area contributed by atoms with Gasteiger partial charge >= 0.3 is 0 Å². The first-order valence-electron chi connectivity index (χ1n) is 5.42. The summed E-state index contributed by atoms with van der Waals surface area (Å²) < 4.78 is 0. The highest BCUT2D eigenvalue weighted by Crippen LogP contribution is 2.26. The maximum Gasteiger partial charge on any atom is 0.0587 e. The smallest absolute Gasteiger partial charge is 0.0587 e. The van der Waals surface area contributed by atoms with E-state index < -0.39 is 0 Å². The molecule has 0 aliphatic carbocycles. The minimum Gasteiger partial charge on any atom is -0.395 e. The minimum atomic E-state index is 0.124. The predicted octanol–water partition coefficient (Wildman–Crippen LogP) is 2.51. The van der Waals surface area contributed by atoms with Crippen LogP contribution in [0.4, 0.5) is 0 Å². The summed E-state index contributed by atoms with van der Waals surface area (Å²) in [6.07, 6.45) is 1.03. The first kappa shape index (κ1) is 13.9. The third kappa shape index (κ3) is 4.97. The molecule has 0 spiro atoms. The number of hydrogen-bond acceptors (Lipinski definition) is 2. The topological polar surface area (TPSA) is 23.5 Å². The maximum absolute atomic E-state index is 9.38. The Morgan fingerprint density at radius 2 is 1.50 bits per heavy atom. The van der Waals surface area contributed by atoms with Crippen molar-refractivity contribution in [2.24, 2.45) is 5.41 Å². The fourth-order valence-corrected chi connectivity index (χ4v) is 1.58. The average Bonchev–Trinajstić information content (AvgIpc) is 1.95. The second-order valence-corrected chi connectivity index (χ2v) is 6.38. The molecular formula is C12H27NO. The molecule has 0 heterocycles. The SMILES string of the molecule is CN(C(CO)CC(C)(C)C)C(C)(C)C. The van der Waals surface area contributed by atoms with Crippen molar-refractivity contribution in [3.8, 4) is 0 Å². The van der Waals surface area contributed by atoms with E-state index in [-0.39, 0.29) is 23.6 Å². The molecule has 0 radical (unpaired) electrons. The van der Waals surface area contributed by atoms with Gasteiger partial charge in [0.05, 0.1) is 6.61 Å². The molecule has 1 N–H and O–H groups in total. The van der Waals surface area contributed by atoms with Gasteiger partial charge in [-0.05, 0) is 39.7 Å². The Labute approximate surface area is 89.3 Å².